The monoisotopic (exact) mass is 569 g/mol. The highest BCUT2D eigenvalue weighted by Gasteiger charge is 2.41. The molecule has 2 saturated carbocycles. The number of aromatic nitrogens is 3. The molecule has 3 atom stereocenters. The number of ether oxygens (including phenoxy) is 1. The quantitative estimate of drug-likeness (QED) is 0.301. The fourth-order valence-electron chi connectivity index (χ4n) is 7.37. The van der Waals surface area contributed by atoms with Crippen LogP contribution in [0.25, 0.3) is 33.5 Å². The zero-order chi connectivity index (χ0) is 29.3. The summed E-state index contributed by atoms with van der Waals surface area (Å²) in [5.41, 5.74) is 11.5. The fourth-order valence-corrected chi connectivity index (χ4v) is 7.37. The van der Waals surface area contributed by atoms with Crippen LogP contribution in [0, 0.1) is 11.8 Å². The first-order valence-corrected chi connectivity index (χ1v) is 15.6. The van der Waals surface area contributed by atoms with Crippen molar-refractivity contribution < 1.29 is 14.6 Å². The van der Waals surface area contributed by atoms with Crippen molar-refractivity contribution in [2.24, 2.45) is 24.6 Å². The number of aryl methyl sites for hydroxylation is 2. The molecule has 2 aliphatic heterocycles. The van der Waals surface area contributed by atoms with Gasteiger partial charge >= 0.3 is 0 Å². The van der Waals surface area contributed by atoms with E-state index in [2.05, 4.69) is 33.4 Å². The van der Waals surface area contributed by atoms with Crippen molar-refractivity contribution in [1.82, 2.24) is 19.0 Å². The van der Waals surface area contributed by atoms with Gasteiger partial charge in [0.25, 0.3) is 5.91 Å². The molecule has 222 valence electrons. The zero-order valence-corrected chi connectivity index (χ0v) is 25.3. The second kappa shape index (κ2) is 10.1. The van der Waals surface area contributed by atoms with Crippen molar-refractivity contribution in [3.8, 4) is 17.3 Å². The topological polar surface area (TPSA) is 98.5 Å². The molecule has 2 aromatic heterocycles. The molecule has 0 unspecified atom stereocenters. The molecular weight excluding hydrogens is 526 g/mol. The molecule has 0 spiro atoms. The standard InChI is InChI=1S/C34H43N5O3/c1-34(2,41)13-12-21-6-5-7-22-15-28(39(30(21)22)18-20-8-9-20)32-36-27-14-24(16-29(42-4)31(27)37(32)3)33(40)38-19-23-10-11-25(38)17-26(23)35/h5-7,14-16,20,23,25-26,41H,8-13,17-19,35H2,1-4H3/t23-,25-,26+/m1/s1. The van der Waals surface area contributed by atoms with Gasteiger partial charge in [0.1, 0.15) is 11.3 Å². The van der Waals surface area contributed by atoms with Crippen LogP contribution >= 0.6 is 0 Å². The predicted octanol–water partition coefficient (Wildman–Crippen LogP) is 5.27. The second-order valence-electron chi connectivity index (χ2n) is 13.6. The first-order valence-electron chi connectivity index (χ1n) is 15.6. The van der Waals surface area contributed by atoms with Crippen LogP contribution < -0.4 is 10.5 Å². The molecule has 8 nitrogen and oxygen atoms in total. The van der Waals surface area contributed by atoms with Gasteiger partial charge in [-0.2, -0.15) is 0 Å². The number of hydrogen-bond acceptors (Lipinski definition) is 5. The lowest BCUT2D eigenvalue weighted by Crippen LogP contribution is -2.58. The summed E-state index contributed by atoms with van der Waals surface area (Å²) in [5.74, 6) is 2.62. The summed E-state index contributed by atoms with van der Waals surface area (Å²) < 4.78 is 10.4. The molecule has 0 radical (unpaired) electrons. The summed E-state index contributed by atoms with van der Waals surface area (Å²) in [7, 11) is 3.70. The Bertz CT molecular complexity index is 1670. The Hall–Kier alpha value is -3.36. The first kappa shape index (κ1) is 27.5. The molecule has 8 rings (SSSR count). The molecule has 2 bridgehead atoms. The minimum absolute atomic E-state index is 0.0447. The minimum Gasteiger partial charge on any atom is -0.494 e. The molecule has 4 aliphatic rings. The van der Waals surface area contributed by atoms with E-state index in [1.165, 1.54) is 29.3 Å². The molecule has 42 heavy (non-hydrogen) atoms. The number of nitrogens with two attached hydrogens (primary N) is 1. The van der Waals surface area contributed by atoms with E-state index in [0.717, 1.165) is 61.3 Å². The number of methoxy groups -OCH3 is 1. The van der Waals surface area contributed by atoms with Crippen LogP contribution in [0.5, 0.6) is 5.75 Å². The molecule has 4 fully saturated rings. The van der Waals surface area contributed by atoms with Crippen molar-refractivity contribution in [2.45, 2.75) is 83.0 Å². The number of hydrogen-bond donors (Lipinski definition) is 2. The van der Waals surface area contributed by atoms with Crippen molar-refractivity contribution in [3.63, 3.8) is 0 Å². The summed E-state index contributed by atoms with van der Waals surface area (Å²) in [6, 6.07) is 13.0. The lowest BCUT2D eigenvalue weighted by Gasteiger charge is -2.48. The van der Waals surface area contributed by atoms with Gasteiger partial charge < -0.3 is 29.6 Å². The van der Waals surface area contributed by atoms with E-state index >= 15 is 0 Å². The molecule has 8 heteroatoms. The predicted molar refractivity (Wildman–Crippen MR) is 166 cm³/mol. The van der Waals surface area contributed by atoms with Crippen molar-refractivity contribution >= 4 is 27.8 Å². The van der Waals surface area contributed by atoms with Gasteiger partial charge in [-0.05, 0) is 94.4 Å². The fraction of sp³-hybridized carbons (Fsp3) is 0.529. The number of para-hydroxylation sites is 1. The zero-order valence-electron chi connectivity index (χ0n) is 25.3. The van der Waals surface area contributed by atoms with Crippen LogP contribution in [0.3, 0.4) is 0 Å². The average molecular weight is 570 g/mol. The number of carbonyl (C=O) groups excluding carboxylic acids is 1. The average Bonchev–Trinajstić information content (AvgIpc) is 3.63. The largest absolute Gasteiger partial charge is 0.494 e. The highest BCUT2D eigenvalue weighted by molar-refractivity contribution is 6.00. The van der Waals surface area contributed by atoms with Crippen LogP contribution in [0.15, 0.2) is 36.4 Å². The van der Waals surface area contributed by atoms with Gasteiger partial charge in [-0.3, -0.25) is 4.79 Å². The number of benzene rings is 2. The number of carbonyl (C=O) groups is 1. The number of nitrogens with zero attached hydrogens (tertiary/aromatic N) is 4. The third-order valence-electron chi connectivity index (χ3n) is 9.93. The number of aliphatic hydroxyl groups is 1. The van der Waals surface area contributed by atoms with Gasteiger partial charge in [0.05, 0.1) is 29.4 Å². The molecule has 2 saturated heterocycles. The summed E-state index contributed by atoms with van der Waals surface area (Å²) in [4.78, 5) is 21.0. The number of piperidine rings is 2. The van der Waals surface area contributed by atoms with E-state index in [1.807, 2.05) is 37.9 Å². The maximum Gasteiger partial charge on any atom is 0.254 e. The van der Waals surface area contributed by atoms with Gasteiger partial charge in [-0.25, -0.2) is 4.98 Å². The summed E-state index contributed by atoms with van der Waals surface area (Å²) >= 11 is 0. The van der Waals surface area contributed by atoms with E-state index in [1.54, 1.807) is 7.11 Å². The summed E-state index contributed by atoms with van der Waals surface area (Å²) in [6.07, 6.45) is 7.01. The van der Waals surface area contributed by atoms with E-state index in [0.29, 0.717) is 29.6 Å². The highest BCUT2D eigenvalue weighted by atomic mass is 16.5. The van der Waals surface area contributed by atoms with Crippen LogP contribution in [0.1, 0.15) is 68.3 Å². The van der Waals surface area contributed by atoms with Gasteiger partial charge in [0, 0.05) is 43.2 Å². The van der Waals surface area contributed by atoms with Crippen LogP contribution in [0.4, 0.5) is 0 Å². The van der Waals surface area contributed by atoms with Crippen molar-refractivity contribution in [3.05, 3.63) is 47.5 Å². The van der Waals surface area contributed by atoms with E-state index in [4.69, 9.17) is 15.5 Å². The second-order valence-corrected chi connectivity index (χ2v) is 13.6. The SMILES string of the molecule is COc1cc(C(=O)N2C[C@H]3CC[C@@H]2C[C@@H]3N)cc2nc(-c3cc4cccc(CCC(C)(C)O)c4n3CC3CC3)n(C)c12. The number of rotatable bonds is 8. The maximum atomic E-state index is 13.8. The smallest absolute Gasteiger partial charge is 0.254 e. The molecule has 3 N–H and O–H groups in total. The summed E-state index contributed by atoms with van der Waals surface area (Å²) in [6.45, 7) is 5.43. The van der Waals surface area contributed by atoms with Crippen molar-refractivity contribution in [1.29, 1.82) is 0 Å². The molecule has 2 aliphatic carbocycles. The lowest BCUT2D eigenvalue weighted by atomic mass is 9.76. The Labute approximate surface area is 247 Å². The minimum atomic E-state index is -0.720. The summed E-state index contributed by atoms with van der Waals surface area (Å²) in [5, 5.41) is 11.6. The molecule has 4 heterocycles. The highest BCUT2D eigenvalue weighted by Crippen LogP contribution is 2.40. The van der Waals surface area contributed by atoms with Gasteiger partial charge in [0.15, 0.2) is 5.82 Å². The number of amides is 1. The maximum absolute atomic E-state index is 13.8. The number of fused-ring (bicyclic) bond motifs is 5. The Kier molecular flexibility index (Phi) is 6.62. The first-order chi connectivity index (χ1) is 20.1. The van der Waals surface area contributed by atoms with E-state index in [9.17, 15) is 9.90 Å². The normalized spacial score (nSPS) is 22.4. The van der Waals surface area contributed by atoms with Crippen LogP contribution in [0.2, 0.25) is 0 Å². The number of imidazole rings is 1. The van der Waals surface area contributed by atoms with Gasteiger partial charge in [0.2, 0.25) is 0 Å². The molecule has 1 amide bonds. The Balaban J connectivity index is 1.32. The Morgan fingerprint density at radius 1 is 1.14 bits per heavy atom. The van der Waals surface area contributed by atoms with Crippen molar-refractivity contribution in [2.75, 3.05) is 13.7 Å². The van der Waals surface area contributed by atoms with Crippen LogP contribution in [-0.2, 0) is 20.0 Å². The van der Waals surface area contributed by atoms with Gasteiger partial charge in [-0.1, -0.05) is 18.2 Å². The lowest BCUT2D eigenvalue weighted by molar-refractivity contribution is 0.0261. The van der Waals surface area contributed by atoms with E-state index < -0.39 is 5.60 Å². The molecule has 2 aromatic carbocycles. The Morgan fingerprint density at radius 2 is 1.95 bits per heavy atom. The third-order valence-corrected chi connectivity index (χ3v) is 9.93. The molecule has 4 aromatic rings. The third kappa shape index (κ3) is 4.78. The Morgan fingerprint density at radius 3 is 2.62 bits per heavy atom. The van der Waals surface area contributed by atoms with Crippen LogP contribution in [-0.4, -0.2) is 61.4 Å². The molecular formula is C34H43N5O3. The van der Waals surface area contributed by atoms with E-state index in [-0.39, 0.29) is 18.0 Å². The van der Waals surface area contributed by atoms with Gasteiger partial charge in [-0.15, -0.1) is 0 Å².